The van der Waals surface area contributed by atoms with E-state index in [1.807, 2.05) is 60.7 Å². The van der Waals surface area contributed by atoms with Crippen LogP contribution in [0, 0.1) is 0 Å². The molecule has 0 unspecified atom stereocenters. The molecule has 1 N–H and O–H groups in total. The Bertz CT molecular complexity index is 506. The minimum atomic E-state index is 0.476. The van der Waals surface area contributed by atoms with E-state index in [0.717, 1.165) is 11.1 Å². The summed E-state index contributed by atoms with van der Waals surface area (Å²) in [5.41, 5.74) is 2.91. The van der Waals surface area contributed by atoms with Crippen LogP contribution in [0.25, 0.3) is 0 Å². The van der Waals surface area contributed by atoms with Crippen LogP contribution < -0.4 is 0 Å². The molecule has 2 aromatic carbocycles. The zero-order valence-corrected chi connectivity index (χ0v) is 10.1. The van der Waals surface area contributed by atoms with Crippen LogP contribution in [-0.4, -0.2) is 23.7 Å². The molecule has 18 heavy (non-hydrogen) atoms. The van der Waals surface area contributed by atoms with E-state index in [2.05, 4.69) is 10.1 Å². The van der Waals surface area contributed by atoms with Crippen molar-refractivity contribution >= 4 is 11.4 Å². The monoisotopic (exact) mass is 238 g/mol. The lowest BCUT2D eigenvalue weighted by Gasteiger charge is -2.08. The van der Waals surface area contributed by atoms with Crippen LogP contribution in [0.1, 0.15) is 11.1 Å². The first-order valence-electron chi connectivity index (χ1n) is 5.67. The van der Waals surface area contributed by atoms with Crippen molar-refractivity contribution in [1.82, 2.24) is 0 Å². The molecule has 3 heteroatoms. The van der Waals surface area contributed by atoms with E-state index in [0.29, 0.717) is 11.4 Å². The summed E-state index contributed by atoms with van der Waals surface area (Å²) in [5.74, 6) is 0. The Hall–Kier alpha value is -2.42. The van der Waals surface area contributed by atoms with Crippen molar-refractivity contribution in [3.05, 3.63) is 71.8 Å². The van der Waals surface area contributed by atoms with Crippen molar-refractivity contribution in [2.75, 3.05) is 7.05 Å². The van der Waals surface area contributed by atoms with Gasteiger partial charge >= 0.3 is 0 Å². The van der Waals surface area contributed by atoms with E-state index < -0.39 is 0 Å². The molecule has 0 amide bonds. The van der Waals surface area contributed by atoms with Gasteiger partial charge in [0, 0.05) is 18.2 Å². The predicted molar refractivity (Wildman–Crippen MR) is 73.7 cm³/mol. The molecule has 2 rings (SSSR count). The molecule has 0 spiro atoms. The van der Waals surface area contributed by atoms with Gasteiger partial charge in [-0.1, -0.05) is 65.8 Å². The van der Waals surface area contributed by atoms with Gasteiger partial charge in [0.25, 0.3) is 0 Å². The molecule has 3 nitrogen and oxygen atoms in total. The Kier molecular flexibility index (Phi) is 3.86. The summed E-state index contributed by atoms with van der Waals surface area (Å²) in [4.78, 5) is 4.23. The molecule has 0 saturated heterocycles. The Morgan fingerprint density at radius 3 is 1.61 bits per heavy atom. The van der Waals surface area contributed by atoms with Gasteiger partial charge in [0.2, 0.25) is 0 Å². The van der Waals surface area contributed by atoms with Gasteiger partial charge in [-0.15, -0.1) is 0 Å². The zero-order chi connectivity index (χ0) is 12.8. The highest BCUT2D eigenvalue weighted by atomic mass is 16.4. The lowest BCUT2D eigenvalue weighted by atomic mass is 10.00. The van der Waals surface area contributed by atoms with Crippen molar-refractivity contribution in [3.8, 4) is 0 Å². The number of rotatable bonds is 3. The Labute approximate surface area is 106 Å². The number of hydrogen-bond donors (Lipinski definition) is 1. The van der Waals surface area contributed by atoms with Crippen LogP contribution in [0.4, 0.5) is 0 Å². The summed E-state index contributed by atoms with van der Waals surface area (Å²) in [6, 6.07) is 19.2. The van der Waals surface area contributed by atoms with Gasteiger partial charge in [-0.3, -0.25) is 4.99 Å². The Balaban J connectivity index is 2.45. The van der Waals surface area contributed by atoms with Gasteiger partial charge in [-0.05, 0) is 0 Å². The summed E-state index contributed by atoms with van der Waals surface area (Å²) in [6.07, 6.45) is 0. The zero-order valence-electron chi connectivity index (χ0n) is 10.1. The average molecular weight is 238 g/mol. The summed E-state index contributed by atoms with van der Waals surface area (Å²) < 4.78 is 0. The maximum absolute atomic E-state index is 9.25. The molecule has 0 aromatic heterocycles. The first-order valence-corrected chi connectivity index (χ1v) is 5.67. The smallest absolute Gasteiger partial charge is 0.135 e. The van der Waals surface area contributed by atoms with E-state index in [-0.39, 0.29) is 0 Å². The first kappa shape index (κ1) is 12.0. The largest absolute Gasteiger partial charge is 0.410 e. The summed E-state index contributed by atoms with van der Waals surface area (Å²) >= 11 is 0. The predicted octanol–water partition coefficient (Wildman–Crippen LogP) is 2.98. The van der Waals surface area contributed by atoms with Crippen LogP contribution >= 0.6 is 0 Å². The van der Waals surface area contributed by atoms with Gasteiger partial charge in [0.05, 0.1) is 5.71 Å². The van der Waals surface area contributed by atoms with Crippen LogP contribution in [0.3, 0.4) is 0 Å². The molecule has 0 radical (unpaired) electrons. The second-order valence-corrected chi connectivity index (χ2v) is 3.75. The standard InChI is InChI=1S/C15H14N2O/c1-16-14(12-8-4-2-5-9-12)15(17-18)13-10-6-3-7-11-13/h2-11,18H,1H3/b16-14+,17-15+. The highest BCUT2D eigenvalue weighted by Gasteiger charge is 2.13. The van der Waals surface area contributed by atoms with Crippen molar-refractivity contribution < 1.29 is 5.21 Å². The molecule has 0 atom stereocenters. The molecular formula is C15H14N2O. The maximum atomic E-state index is 9.25. The molecule has 90 valence electrons. The second kappa shape index (κ2) is 5.77. The quantitative estimate of drug-likeness (QED) is 0.498. The second-order valence-electron chi connectivity index (χ2n) is 3.75. The van der Waals surface area contributed by atoms with E-state index in [1.165, 1.54) is 0 Å². The van der Waals surface area contributed by atoms with Crippen molar-refractivity contribution in [2.45, 2.75) is 0 Å². The fourth-order valence-electron chi connectivity index (χ4n) is 1.81. The van der Waals surface area contributed by atoms with Crippen LogP contribution in [0.15, 0.2) is 70.8 Å². The average Bonchev–Trinajstić information content (AvgIpc) is 2.46. The summed E-state index contributed by atoms with van der Waals surface area (Å²) in [7, 11) is 1.69. The molecular weight excluding hydrogens is 224 g/mol. The maximum Gasteiger partial charge on any atom is 0.135 e. The van der Waals surface area contributed by atoms with Gasteiger partial charge in [0.15, 0.2) is 0 Å². The Morgan fingerprint density at radius 2 is 1.22 bits per heavy atom. The van der Waals surface area contributed by atoms with Gasteiger partial charge < -0.3 is 5.21 Å². The Morgan fingerprint density at radius 1 is 0.778 bits per heavy atom. The van der Waals surface area contributed by atoms with Crippen molar-refractivity contribution in [3.63, 3.8) is 0 Å². The summed E-state index contributed by atoms with van der Waals surface area (Å²) in [5, 5.41) is 12.6. The molecule has 0 aliphatic carbocycles. The fourth-order valence-corrected chi connectivity index (χ4v) is 1.81. The van der Waals surface area contributed by atoms with Gasteiger partial charge in [-0.2, -0.15) is 0 Å². The molecule has 0 heterocycles. The third kappa shape index (κ3) is 2.46. The molecule has 0 saturated carbocycles. The van der Waals surface area contributed by atoms with Crippen molar-refractivity contribution in [1.29, 1.82) is 0 Å². The third-order valence-corrected chi connectivity index (χ3v) is 2.64. The van der Waals surface area contributed by atoms with E-state index in [4.69, 9.17) is 0 Å². The molecule has 0 aliphatic heterocycles. The van der Waals surface area contributed by atoms with Crippen LogP contribution in [-0.2, 0) is 0 Å². The molecule has 0 fully saturated rings. The first-order chi connectivity index (χ1) is 8.86. The van der Waals surface area contributed by atoms with Crippen LogP contribution in [0.2, 0.25) is 0 Å². The minimum Gasteiger partial charge on any atom is -0.410 e. The number of aliphatic imine (C=N–C) groups is 1. The minimum absolute atomic E-state index is 0.476. The van der Waals surface area contributed by atoms with Crippen molar-refractivity contribution in [2.24, 2.45) is 10.1 Å². The molecule has 2 aromatic rings. The van der Waals surface area contributed by atoms with E-state index in [9.17, 15) is 5.21 Å². The van der Waals surface area contributed by atoms with E-state index >= 15 is 0 Å². The third-order valence-electron chi connectivity index (χ3n) is 2.64. The highest BCUT2D eigenvalue weighted by Crippen LogP contribution is 2.09. The number of oxime groups is 1. The lowest BCUT2D eigenvalue weighted by molar-refractivity contribution is 0.320. The van der Waals surface area contributed by atoms with E-state index in [1.54, 1.807) is 7.05 Å². The SMILES string of the molecule is C/N=C(/C(=N/O)c1ccccc1)c1ccccc1. The highest BCUT2D eigenvalue weighted by molar-refractivity contribution is 6.53. The fraction of sp³-hybridized carbons (Fsp3) is 0.0667. The molecule has 0 bridgehead atoms. The molecule has 0 aliphatic rings. The number of hydrogen-bond acceptors (Lipinski definition) is 3. The number of benzene rings is 2. The normalized spacial score (nSPS) is 12.5. The summed E-state index contributed by atoms with van der Waals surface area (Å²) in [6.45, 7) is 0. The van der Waals surface area contributed by atoms with Gasteiger partial charge in [-0.25, -0.2) is 0 Å². The van der Waals surface area contributed by atoms with Gasteiger partial charge in [0.1, 0.15) is 5.71 Å². The topological polar surface area (TPSA) is 45.0 Å². The number of nitrogens with zero attached hydrogens (tertiary/aromatic N) is 2. The lowest BCUT2D eigenvalue weighted by Crippen LogP contribution is -2.17. The van der Waals surface area contributed by atoms with Crippen LogP contribution in [0.5, 0.6) is 0 Å².